The fraction of sp³-hybridized carbons (Fsp3) is 0.375. The van der Waals surface area contributed by atoms with Gasteiger partial charge >= 0.3 is 0 Å². The van der Waals surface area contributed by atoms with Crippen LogP contribution in [-0.2, 0) is 16.1 Å². The van der Waals surface area contributed by atoms with Gasteiger partial charge in [0, 0.05) is 17.1 Å². The van der Waals surface area contributed by atoms with Gasteiger partial charge in [-0.3, -0.25) is 24.8 Å². The molecule has 3 aliphatic heterocycles. The molecule has 0 bridgehead atoms. The average molecular weight is 434 g/mol. The Morgan fingerprint density at radius 3 is 2.47 bits per heavy atom. The molecule has 2 saturated heterocycles. The van der Waals surface area contributed by atoms with Crippen LogP contribution in [0.25, 0.3) is 0 Å². The van der Waals surface area contributed by atoms with E-state index in [1.807, 2.05) is 45.2 Å². The van der Waals surface area contributed by atoms with Crippen molar-refractivity contribution in [1.82, 2.24) is 9.80 Å². The number of carbonyl (C=O) groups is 2. The first kappa shape index (κ1) is 20.5. The molecule has 5 rings (SSSR count). The Balaban J connectivity index is 1.47. The van der Waals surface area contributed by atoms with Gasteiger partial charge in [-0.2, -0.15) is 0 Å². The monoisotopic (exact) mass is 434 g/mol. The van der Waals surface area contributed by atoms with Crippen LogP contribution in [0.15, 0.2) is 42.5 Å². The number of carbonyl (C=O) groups excluding carboxylic acids is 2. The Labute approximate surface area is 186 Å². The highest BCUT2D eigenvalue weighted by Crippen LogP contribution is 2.54. The van der Waals surface area contributed by atoms with Crippen molar-refractivity contribution in [3.63, 3.8) is 0 Å². The average Bonchev–Trinajstić information content (AvgIpc) is 3.38. The van der Waals surface area contributed by atoms with E-state index in [9.17, 15) is 9.59 Å². The van der Waals surface area contributed by atoms with Gasteiger partial charge < -0.3 is 15.2 Å². The van der Waals surface area contributed by atoms with E-state index in [2.05, 4.69) is 4.90 Å². The molecular formula is C24H26N4O4. The lowest BCUT2D eigenvalue weighted by atomic mass is 9.81. The summed E-state index contributed by atoms with van der Waals surface area (Å²) in [6.07, 6.45) is 0. The van der Waals surface area contributed by atoms with Crippen LogP contribution in [0, 0.1) is 17.2 Å². The zero-order valence-corrected chi connectivity index (χ0v) is 18.3. The van der Waals surface area contributed by atoms with E-state index in [4.69, 9.17) is 20.6 Å². The highest BCUT2D eigenvalue weighted by molar-refractivity contribution is 6.06. The van der Waals surface area contributed by atoms with Crippen molar-refractivity contribution in [2.75, 3.05) is 13.8 Å². The van der Waals surface area contributed by atoms with Crippen LogP contribution in [0.1, 0.15) is 36.6 Å². The number of hydrogen-bond acceptors (Lipinski definition) is 6. The zero-order valence-electron chi connectivity index (χ0n) is 18.3. The van der Waals surface area contributed by atoms with Gasteiger partial charge in [0.25, 0.3) is 0 Å². The summed E-state index contributed by atoms with van der Waals surface area (Å²) in [6.45, 7) is 4.42. The lowest BCUT2D eigenvalue weighted by Gasteiger charge is -2.36. The molecule has 32 heavy (non-hydrogen) atoms. The van der Waals surface area contributed by atoms with E-state index in [1.54, 1.807) is 18.2 Å². The first-order chi connectivity index (χ1) is 15.2. The highest BCUT2D eigenvalue weighted by Gasteiger charge is 2.64. The minimum atomic E-state index is -0.495. The van der Waals surface area contributed by atoms with Gasteiger partial charge in [-0.15, -0.1) is 0 Å². The Morgan fingerprint density at radius 2 is 1.78 bits per heavy atom. The van der Waals surface area contributed by atoms with E-state index in [-0.39, 0.29) is 37.0 Å². The van der Waals surface area contributed by atoms with Gasteiger partial charge in [0.1, 0.15) is 5.84 Å². The molecule has 3 atom stereocenters. The van der Waals surface area contributed by atoms with Crippen LogP contribution in [-0.4, -0.2) is 46.8 Å². The zero-order chi connectivity index (χ0) is 22.8. The van der Waals surface area contributed by atoms with Crippen molar-refractivity contribution in [3.05, 3.63) is 59.2 Å². The Hall–Kier alpha value is -3.39. The van der Waals surface area contributed by atoms with Gasteiger partial charge in [-0.05, 0) is 44.2 Å². The lowest BCUT2D eigenvalue weighted by molar-refractivity contribution is -0.143. The number of ether oxygens (including phenoxy) is 2. The molecule has 3 N–H and O–H groups in total. The molecule has 0 aromatic heterocycles. The number of fused-ring (bicyclic) bond motifs is 2. The number of nitrogens with two attached hydrogens (primary N) is 1. The topological polar surface area (TPSA) is 109 Å². The van der Waals surface area contributed by atoms with Gasteiger partial charge in [0.2, 0.25) is 18.6 Å². The standard InChI is InChI=1S/C24H26N4O4/c1-24(2)19-18(20(27(24)3)14-5-7-15(8-6-14)21(25)26)22(29)28(23(19)30)11-13-4-9-16-17(10-13)32-12-31-16/h4-10,18-20H,11-12H2,1-3H3,(H3,25,26)/t18-,19-,20-/m1/s1. The number of likely N-dealkylation sites (tertiary alicyclic amines) is 2. The van der Waals surface area contributed by atoms with Crippen molar-refractivity contribution in [3.8, 4) is 11.5 Å². The summed E-state index contributed by atoms with van der Waals surface area (Å²) in [5.41, 5.74) is 7.48. The van der Waals surface area contributed by atoms with Gasteiger partial charge in [-0.1, -0.05) is 30.3 Å². The fourth-order valence-corrected chi connectivity index (χ4v) is 5.30. The van der Waals surface area contributed by atoms with Gasteiger partial charge in [-0.25, -0.2) is 0 Å². The Morgan fingerprint density at radius 1 is 1.09 bits per heavy atom. The molecule has 2 fully saturated rings. The van der Waals surface area contributed by atoms with Crippen molar-refractivity contribution >= 4 is 17.6 Å². The van der Waals surface area contributed by atoms with Crippen LogP contribution in [0.4, 0.5) is 0 Å². The fourth-order valence-electron chi connectivity index (χ4n) is 5.30. The third kappa shape index (κ3) is 2.90. The maximum atomic E-state index is 13.6. The largest absolute Gasteiger partial charge is 0.454 e. The molecule has 8 heteroatoms. The molecule has 8 nitrogen and oxygen atoms in total. The second-order valence-corrected chi connectivity index (χ2v) is 9.20. The normalized spacial score (nSPS) is 26.0. The maximum absolute atomic E-state index is 13.6. The SMILES string of the molecule is CN1[C@H](c2ccc(C(=N)N)cc2)[C@@H]2C(=O)N(Cc3ccc4c(c3)OCO4)C(=O)[C@@H]2C1(C)C. The predicted octanol–water partition coefficient (Wildman–Crippen LogP) is 2.27. The number of hydrogen-bond donors (Lipinski definition) is 2. The molecule has 166 valence electrons. The number of nitrogens with zero attached hydrogens (tertiary/aromatic N) is 2. The Bertz CT molecular complexity index is 1130. The maximum Gasteiger partial charge on any atom is 0.235 e. The summed E-state index contributed by atoms with van der Waals surface area (Å²) in [5.74, 6) is 0.0858. The van der Waals surface area contributed by atoms with Crippen molar-refractivity contribution in [2.24, 2.45) is 17.6 Å². The summed E-state index contributed by atoms with van der Waals surface area (Å²) in [5, 5.41) is 7.62. The third-order valence-electron chi connectivity index (χ3n) is 7.21. The molecule has 0 saturated carbocycles. The number of amidine groups is 1. The van der Waals surface area contributed by atoms with Crippen LogP contribution in [0.5, 0.6) is 11.5 Å². The van der Waals surface area contributed by atoms with Crippen LogP contribution < -0.4 is 15.2 Å². The molecule has 3 aliphatic rings. The summed E-state index contributed by atoms with van der Waals surface area (Å²) in [7, 11) is 1.96. The predicted molar refractivity (Wildman–Crippen MR) is 117 cm³/mol. The van der Waals surface area contributed by atoms with Crippen LogP contribution in [0.2, 0.25) is 0 Å². The minimum Gasteiger partial charge on any atom is -0.454 e. The van der Waals surface area contributed by atoms with E-state index in [0.717, 1.165) is 11.1 Å². The van der Waals surface area contributed by atoms with Crippen LogP contribution >= 0.6 is 0 Å². The summed E-state index contributed by atoms with van der Waals surface area (Å²) < 4.78 is 10.8. The van der Waals surface area contributed by atoms with Crippen molar-refractivity contribution in [1.29, 1.82) is 5.41 Å². The van der Waals surface area contributed by atoms with E-state index < -0.39 is 17.4 Å². The van der Waals surface area contributed by atoms with E-state index >= 15 is 0 Å². The Kier molecular flexibility index (Phi) is 4.53. The summed E-state index contributed by atoms with van der Waals surface area (Å²) in [6, 6.07) is 12.6. The molecule has 0 spiro atoms. The quantitative estimate of drug-likeness (QED) is 0.434. The summed E-state index contributed by atoms with van der Waals surface area (Å²) >= 11 is 0. The molecule has 2 amide bonds. The number of imide groups is 1. The number of benzene rings is 2. The van der Waals surface area contributed by atoms with Crippen LogP contribution in [0.3, 0.4) is 0 Å². The number of nitrogens with one attached hydrogen (secondary N) is 1. The molecule has 3 heterocycles. The summed E-state index contributed by atoms with van der Waals surface area (Å²) in [4.78, 5) is 30.6. The molecule has 0 aliphatic carbocycles. The lowest BCUT2D eigenvalue weighted by Crippen LogP contribution is -2.46. The molecule has 0 unspecified atom stereocenters. The molecule has 0 radical (unpaired) electrons. The highest BCUT2D eigenvalue weighted by atomic mass is 16.7. The van der Waals surface area contributed by atoms with E-state index in [0.29, 0.717) is 17.1 Å². The smallest absolute Gasteiger partial charge is 0.235 e. The molecule has 2 aromatic carbocycles. The van der Waals surface area contributed by atoms with E-state index in [1.165, 1.54) is 4.90 Å². The van der Waals surface area contributed by atoms with Gasteiger partial charge in [0.05, 0.1) is 18.4 Å². The first-order valence-electron chi connectivity index (χ1n) is 10.6. The van der Waals surface area contributed by atoms with Crippen molar-refractivity contribution in [2.45, 2.75) is 32.0 Å². The number of nitrogen functional groups attached to an aromatic ring is 1. The van der Waals surface area contributed by atoms with Gasteiger partial charge in [0.15, 0.2) is 11.5 Å². The third-order valence-corrected chi connectivity index (χ3v) is 7.21. The second-order valence-electron chi connectivity index (χ2n) is 9.20. The number of rotatable bonds is 4. The molecule has 2 aromatic rings. The van der Waals surface area contributed by atoms with Crippen molar-refractivity contribution < 1.29 is 19.1 Å². The molecular weight excluding hydrogens is 408 g/mol. The minimum absolute atomic E-state index is 0.00319. The second kappa shape index (κ2) is 7.06. The number of amides is 2. The first-order valence-corrected chi connectivity index (χ1v) is 10.6.